The summed E-state index contributed by atoms with van der Waals surface area (Å²) in [6.07, 6.45) is 7.93. The van der Waals surface area contributed by atoms with Crippen LogP contribution in [0.4, 0.5) is 0 Å². The molecule has 1 aliphatic carbocycles. The van der Waals surface area contributed by atoms with E-state index in [9.17, 15) is 4.79 Å². The molecule has 2 aliphatic rings. The standard InChI is InChI=1S/C21H24N4O2/c26-21-14-6-2-3-7-15(14)23-20(25-21)10-9-19-22-12-16(24-19)18-11-13-5-1-4-8-17(13)27-18/h1,4-5,8,11-12,14-15,20,23H,2-3,6-7,9-10H2,(H,22,24)(H,25,26). The van der Waals surface area contributed by atoms with Gasteiger partial charge >= 0.3 is 0 Å². The fourth-order valence-electron chi connectivity index (χ4n) is 4.39. The predicted octanol–water partition coefficient (Wildman–Crippen LogP) is 3.36. The molecule has 1 saturated heterocycles. The van der Waals surface area contributed by atoms with Crippen molar-refractivity contribution in [2.24, 2.45) is 5.92 Å². The number of amides is 1. The number of fused-ring (bicyclic) bond motifs is 2. The van der Waals surface area contributed by atoms with Gasteiger partial charge in [-0.3, -0.25) is 10.1 Å². The zero-order valence-electron chi connectivity index (χ0n) is 15.2. The zero-order chi connectivity index (χ0) is 18.2. The number of carbonyl (C=O) groups is 1. The van der Waals surface area contributed by atoms with Crippen molar-refractivity contribution in [1.29, 1.82) is 0 Å². The number of nitrogens with one attached hydrogen (secondary N) is 3. The molecule has 6 nitrogen and oxygen atoms in total. The largest absolute Gasteiger partial charge is 0.454 e. The number of hydrogen-bond donors (Lipinski definition) is 3. The highest BCUT2D eigenvalue weighted by Crippen LogP contribution is 2.28. The average Bonchev–Trinajstić information content (AvgIpc) is 3.33. The highest BCUT2D eigenvalue weighted by molar-refractivity contribution is 5.82. The minimum Gasteiger partial charge on any atom is -0.454 e. The highest BCUT2D eigenvalue weighted by Gasteiger charge is 2.37. The van der Waals surface area contributed by atoms with E-state index >= 15 is 0 Å². The van der Waals surface area contributed by atoms with Crippen LogP contribution in [0.1, 0.15) is 37.9 Å². The number of H-pyrrole nitrogens is 1. The quantitative estimate of drug-likeness (QED) is 0.663. The number of imidazole rings is 1. The van der Waals surface area contributed by atoms with Crippen LogP contribution in [0.5, 0.6) is 0 Å². The van der Waals surface area contributed by atoms with E-state index in [1.807, 2.05) is 36.5 Å². The minimum atomic E-state index is 0.0246. The molecule has 1 aliphatic heterocycles. The van der Waals surface area contributed by atoms with Crippen LogP contribution >= 0.6 is 0 Å². The second-order valence-corrected chi connectivity index (χ2v) is 7.66. The van der Waals surface area contributed by atoms with Gasteiger partial charge < -0.3 is 14.7 Å². The number of hydrogen-bond acceptors (Lipinski definition) is 4. The van der Waals surface area contributed by atoms with Gasteiger partial charge in [0.25, 0.3) is 0 Å². The maximum Gasteiger partial charge on any atom is 0.225 e. The van der Waals surface area contributed by atoms with Crippen LogP contribution < -0.4 is 10.6 Å². The SMILES string of the molecule is O=C1NC(CCc2ncc(-c3cc4ccccc4o3)[nH]2)NC2CCCCC12. The number of para-hydroxylation sites is 1. The van der Waals surface area contributed by atoms with Gasteiger partial charge in [0, 0.05) is 17.8 Å². The number of carbonyl (C=O) groups excluding carboxylic acids is 1. The molecule has 3 aromatic rings. The first-order valence-electron chi connectivity index (χ1n) is 9.85. The smallest absolute Gasteiger partial charge is 0.225 e. The third kappa shape index (κ3) is 3.25. The van der Waals surface area contributed by atoms with Crippen molar-refractivity contribution in [1.82, 2.24) is 20.6 Å². The number of aryl methyl sites for hydroxylation is 1. The number of aromatic nitrogens is 2. The van der Waals surface area contributed by atoms with Crippen LogP contribution in [-0.2, 0) is 11.2 Å². The molecule has 1 aromatic carbocycles. The fraction of sp³-hybridized carbons (Fsp3) is 0.429. The molecular formula is C21H24N4O2. The molecule has 3 heterocycles. The molecule has 1 saturated carbocycles. The molecule has 140 valence electrons. The second-order valence-electron chi connectivity index (χ2n) is 7.66. The van der Waals surface area contributed by atoms with E-state index in [4.69, 9.17) is 4.42 Å². The molecule has 27 heavy (non-hydrogen) atoms. The Kier molecular flexibility index (Phi) is 4.20. The van der Waals surface area contributed by atoms with E-state index in [0.29, 0.717) is 6.04 Å². The summed E-state index contributed by atoms with van der Waals surface area (Å²) in [7, 11) is 0. The Hall–Kier alpha value is -2.60. The van der Waals surface area contributed by atoms with Crippen molar-refractivity contribution in [2.45, 2.75) is 50.7 Å². The normalized spacial score (nSPS) is 25.3. The first-order chi connectivity index (χ1) is 13.3. The number of benzene rings is 1. The summed E-state index contributed by atoms with van der Waals surface area (Å²) in [5.74, 6) is 2.07. The topological polar surface area (TPSA) is 83.0 Å². The molecule has 0 radical (unpaired) electrons. The maximum absolute atomic E-state index is 12.3. The summed E-state index contributed by atoms with van der Waals surface area (Å²) < 4.78 is 5.89. The van der Waals surface area contributed by atoms with Gasteiger partial charge in [0.2, 0.25) is 5.91 Å². The Bertz CT molecular complexity index is 927. The van der Waals surface area contributed by atoms with Gasteiger partial charge in [-0.15, -0.1) is 0 Å². The van der Waals surface area contributed by atoms with Gasteiger partial charge in [-0.2, -0.15) is 0 Å². The van der Waals surface area contributed by atoms with Gasteiger partial charge in [0.05, 0.1) is 18.3 Å². The lowest BCUT2D eigenvalue weighted by Gasteiger charge is -2.40. The van der Waals surface area contributed by atoms with Crippen LogP contribution in [0.3, 0.4) is 0 Å². The summed E-state index contributed by atoms with van der Waals surface area (Å²) in [5.41, 5.74) is 1.76. The van der Waals surface area contributed by atoms with E-state index in [0.717, 1.165) is 60.4 Å². The van der Waals surface area contributed by atoms with E-state index in [1.54, 1.807) is 0 Å². The highest BCUT2D eigenvalue weighted by atomic mass is 16.3. The summed E-state index contributed by atoms with van der Waals surface area (Å²) in [6.45, 7) is 0. The molecule has 2 fully saturated rings. The molecule has 3 unspecified atom stereocenters. The van der Waals surface area contributed by atoms with E-state index in [-0.39, 0.29) is 18.0 Å². The molecule has 0 bridgehead atoms. The summed E-state index contributed by atoms with van der Waals surface area (Å²) in [4.78, 5) is 20.2. The molecule has 2 aromatic heterocycles. The average molecular weight is 364 g/mol. The minimum absolute atomic E-state index is 0.0246. The van der Waals surface area contributed by atoms with Gasteiger partial charge in [0.15, 0.2) is 5.76 Å². The van der Waals surface area contributed by atoms with Gasteiger partial charge in [-0.05, 0) is 31.4 Å². The molecule has 5 rings (SSSR count). The monoisotopic (exact) mass is 364 g/mol. The summed E-state index contributed by atoms with van der Waals surface area (Å²) in [5, 5.41) is 7.84. The lowest BCUT2D eigenvalue weighted by Crippen LogP contribution is -2.62. The fourth-order valence-corrected chi connectivity index (χ4v) is 4.39. The van der Waals surface area contributed by atoms with E-state index in [2.05, 4.69) is 20.6 Å². The van der Waals surface area contributed by atoms with Gasteiger partial charge in [0.1, 0.15) is 17.1 Å². The Morgan fingerprint density at radius 1 is 1.19 bits per heavy atom. The third-order valence-corrected chi connectivity index (χ3v) is 5.82. The van der Waals surface area contributed by atoms with Gasteiger partial charge in [-0.1, -0.05) is 31.0 Å². The van der Waals surface area contributed by atoms with Crippen molar-refractivity contribution in [2.75, 3.05) is 0 Å². The lowest BCUT2D eigenvalue weighted by atomic mass is 9.82. The first-order valence-corrected chi connectivity index (χ1v) is 9.85. The summed E-state index contributed by atoms with van der Waals surface area (Å²) in [6, 6.07) is 10.3. The Morgan fingerprint density at radius 2 is 2.07 bits per heavy atom. The van der Waals surface area contributed by atoms with Crippen molar-refractivity contribution in [3.63, 3.8) is 0 Å². The maximum atomic E-state index is 12.3. The zero-order valence-corrected chi connectivity index (χ0v) is 15.2. The first kappa shape index (κ1) is 16.6. The van der Waals surface area contributed by atoms with Crippen LogP contribution in [0.25, 0.3) is 22.4 Å². The van der Waals surface area contributed by atoms with Crippen molar-refractivity contribution in [3.8, 4) is 11.5 Å². The molecule has 3 N–H and O–H groups in total. The van der Waals surface area contributed by atoms with Crippen molar-refractivity contribution in [3.05, 3.63) is 42.4 Å². The number of furan rings is 1. The third-order valence-electron chi connectivity index (χ3n) is 5.82. The Balaban J connectivity index is 1.24. The molecule has 3 atom stereocenters. The van der Waals surface area contributed by atoms with Crippen molar-refractivity contribution >= 4 is 16.9 Å². The van der Waals surface area contributed by atoms with E-state index in [1.165, 1.54) is 6.42 Å². The van der Waals surface area contributed by atoms with E-state index < -0.39 is 0 Å². The Morgan fingerprint density at radius 3 is 3.00 bits per heavy atom. The second kappa shape index (κ2) is 6.85. The molecule has 6 heteroatoms. The number of aromatic amines is 1. The molecule has 0 spiro atoms. The van der Waals surface area contributed by atoms with Crippen LogP contribution in [0.15, 0.2) is 40.9 Å². The Labute approximate surface area is 157 Å². The summed E-state index contributed by atoms with van der Waals surface area (Å²) >= 11 is 0. The van der Waals surface area contributed by atoms with Crippen LogP contribution in [0, 0.1) is 5.92 Å². The molecular weight excluding hydrogens is 340 g/mol. The van der Waals surface area contributed by atoms with Crippen LogP contribution in [0.2, 0.25) is 0 Å². The number of rotatable bonds is 4. The predicted molar refractivity (Wildman–Crippen MR) is 103 cm³/mol. The lowest BCUT2D eigenvalue weighted by molar-refractivity contribution is -0.130. The van der Waals surface area contributed by atoms with Gasteiger partial charge in [-0.25, -0.2) is 4.98 Å². The number of nitrogens with zero attached hydrogens (tertiary/aromatic N) is 1. The molecule has 1 amide bonds. The van der Waals surface area contributed by atoms with Crippen LogP contribution in [-0.4, -0.2) is 28.1 Å². The van der Waals surface area contributed by atoms with Crippen molar-refractivity contribution < 1.29 is 9.21 Å².